The van der Waals surface area contributed by atoms with Crippen LogP contribution in [0.3, 0.4) is 0 Å². The number of allylic oxidation sites excluding steroid dienone is 3. The number of hydrogen-bond donors (Lipinski definition) is 0. The molecule has 4 aliphatic carbocycles. The number of carbonyl (C=O) groups excluding carboxylic acids is 1. The first-order valence-electron chi connectivity index (χ1n) is 22.2. The number of esters is 1. The van der Waals surface area contributed by atoms with Crippen molar-refractivity contribution >= 4 is 5.97 Å². The van der Waals surface area contributed by atoms with Crippen LogP contribution >= 0.6 is 0 Å². The van der Waals surface area contributed by atoms with Crippen LogP contribution in [0.4, 0.5) is 0 Å². The minimum absolute atomic E-state index is 0.0589. The third kappa shape index (κ3) is 11.7. The van der Waals surface area contributed by atoms with Crippen LogP contribution in [0.5, 0.6) is 0 Å². The lowest BCUT2D eigenvalue weighted by Gasteiger charge is -2.58. The average Bonchev–Trinajstić information content (AvgIpc) is 3.43. The van der Waals surface area contributed by atoms with Gasteiger partial charge in [-0.1, -0.05) is 149 Å². The second-order valence-corrected chi connectivity index (χ2v) is 18.7. The summed E-state index contributed by atoms with van der Waals surface area (Å²) in [6.07, 6.45) is 42.4. The molecule has 49 heavy (non-hydrogen) atoms. The van der Waals surface area contributed by atoms with Crippen LogP contribution in [0.15, 0.2) is 23.8 Å². The fourth-order valence-corrected chi connectivity index (χ4v) is 11.7. The Balaban J connectivity index is 1.08. The van der Waals surface area contributed by atoms with Gasteiger partial charge < -0.3 is 4.74 Å². The summed E-state index contributed by atoms with van der Waals surface area (Å²) in [5.74, 6) is 5.32. The van der Waals surface area contributed by atoms with Crippen LogP contribution in [-0.4, -0.2) is 12.1 Å². The SMILES string of the molecule is CCCCCCCCC=CCCCCCCCCCC(=O)OC1CC[C@@]2(C)C(=CCC3C4CCC(C(C)CCCC(C)C)[C@@]4(C)CCC32)C1. The van der Waals surface area contributed by atoms with E-state index in [1.165, 1.54) is 148 Å². The predicted molar refractivity (Wildman–Crippen MR) is 212 cm³/mol. The second kappa shape index (κ2) is 20.9. The van der Waals surface area contributed by atoms with Crippen LogP contribution in [0.1, 0.15) is 215 Å². The molecule has 0 aromatic rings. The molecule has 282 valence electrons. The molecule has 0 aromatic carbocycles. The molecule has 2 nitrogen and oxygen atoms in total. The van der Waals surface area contributed by atoms with Gasteiger partial charge in [-0.15, -0.1) is 0 Å². The Morgan fingerprint density at radius 3 is 2.10 bits per heavy atom. The summed E-state index contributed by atoms with van der Waals surface area (Å²) in [4.78, 5) is 12.8. The van der Waals surface area contributed by atoms with Crippen molar-refractivity contribution in [3.05, 3.63) is 23.8 Å². The Morgan fingerprint density at radius 2 is 1.43 bits per heavy atom. The van der Waals surface area contributed by atoms with E-state index < -0.39 is 0 Å². The van der Waals surface area contributed by atoms with Gasteiger partial charge in [-0.25, -0.2) is 0 Å². The summed E-state index contributed by atoms with van der Waals surface area (Å²) in [7, 11) is 0. The molecule has 0 aromatic heterocycles. The minimum Gasteiger partial charge on any atom is -0.462 e. The van der Waals surface area contributed by atoms with Crippen molar-refractivity contribution in [3.63, 3.8) is 0 Å². The fourth-order valence-electron chi connectivity index (χ4n) is 11.7. The Morgan fingerprint density at radius 1 is 0.776 bits per heavy atom. The van der Waals surface area contributed by atoms with Crippen LogP contribution in [0.25, 0.3) is 0 Å². The Hall–Kier alpha value is -1.05. The van der Waals surface area contributed by atoms with E-state index in [4.69, 9.17) is 4.74 Å². The third-order valence-corrected chi connectivity index (χ3v) is 14.7. The quantitative estimate of drug-likeness (QED) is 0.0611. The van der Waals surface area contributed by atoms with Crippen LogP contribution in [0, 0.1) is 46.3 Å². The van der Waals surface area contributed by atoms with Crippen LogP contribution in [0.2, 0.25) is 0 Å². The lowest BCUT2D eigenvalue weighted by atomic mass is 9.47. The first kappa shape index (κ1) is 40.7. The summed E-state index contributed by atoms with van der Waals surface area (Å²) in [5.41, 5.74) is 2.53. The highest BCUT2D eigenvalue weighted by Gasteiger charge is 2.59. The number of rotatable bonds is 23. The van der Waals surface area contributed by atoms with Gasteiger partial charge in [0.25, 0.3) is 0 Å². The molecule has 8 atom stereocenters. The maximum atomic E-state index is 12.8. The molecular weight excluding hydrogens is 597 g/mol. The van der Waals surface area contributed by atoms with E-state index in [-0.39, 0.29) is 12.1 Å². The van der Waals surface area contributed by atoms with Gasteiger partial charge in [-0.2, -0.15) is 0 Å². The molecule has 2 heteroatoms. The maximum Gasteiger partial charge on any atom is 0.306 e. The molecule has 0 spiro atoms. The standard InChI is InChI=1S/C47H82O2/c1-7-8-9-10-11-12-13-14-15-16-17-18-19-20-21-22-23-27-45(48)49-40-32-34-46(5)39(36-40)28-29-41-43-31-30-42(38(4)26-24-25-37(2)3)47(43,6)35-33-44(41)46/h14-15,28,37-38,40-44H,7-13,16-27,29-36H2,1-6H3/t38?,40?,41?,42?,43?,44?,46-,47+/m0/s1. The van der Waals surface area contributed by atoms with E-state index in [0.29, 0.717) is 17.3 Å². The fraction of sp³-hybridized carbons (Fsp3) is 0.894. The van der Waals surface area contributed by atoms with E-state index >= 15 is 0 Å². The van der Waals surface area contributed by atoms with Gasteiger partial charge in [0.2, 0.25) is 0 Å². The zero-order valence-electron chi connectivity index (χ0n) is 33.7. The molecule has 0 heterocycles. The molecule has 3 saturated carbocycles. The zero-order chi connectivity index (χ0) is 35.1. The highest BCUT2D eigenvalue weighted by atomic mass is 16.5. The highest BCUT2D eigenvalue weighted by Crippen LogP contribution is 2.67. The molecule has 0 bridgehead atoms. The van der Waals surface area contributed by atoms with E-state index in [1.807, 2.05) is 0 Å². The van der Waals surface area contributed by atoms with Crippen molar-refractivity contribution in [2.24, 2.45) is 46.3 Å². The van der Waals surface area contributed by atoms with E-state index in [2.05, 4.69) is 59.8 Å². The summed E-state index contributed by atoms with van der Waals surface area (Å²) < 4.78 is 6.14. The zero-order valence-corrected chi connectivity index (χ0v) is 33.7. The van der Waals surface area contributed by atoms with Gasteiger partial charge in [0.1, 0.15) is 6.10 Å². The maximum absolute atomic E-state index is 12.8. The van der Waals surface area contributed by atoms with Crippen molar-refractivity contribution in [3.8, 4) is 0 Å². The first-order valence-corrected chi connectivity index (χ1v) is 22.2. The number of fused-ring (bicyclic) bond motifs is 5. The molecule has 4 aliphatic rings. The lowest BCUT2D eigenvalue weighted by molar-refractivity contribution is -0.151. The van der Waals surface area contributed by atoms with Gasteiger partial charge in [-0.05, 0) is 123 Å². The van der Waals surface area contributed by atoms with Gasteiger partial charge in [0, 0.05) is 12.8 Å². The molecule has 4 rings (SSSR count). The number of carbonyl (C=O) groups is 1. The topological polar surface area (TPSA) is 26.3 Å². The monoisotopic (exact) mass is 679 g/mol. The summed E-state index contributed by atoms with van der Waals surface area (Å²) in [6.45, 7) is 14.9. The molecule has 0 N–H and O–H groups in total. The second-order valence-electron chi connectivity index (χ2n) is 18.7. The number of unbranched alkanes of at least 4 members (excludes halogenated alkanes) is 13. The summed E-state index contributed by atoms with van der Waals surface area (Å²) >= 11 is 0. The summed E-state index contributed by atoms with van der Waals surface area (Å²) in [6, 6.07) is 0. The van der Waals surface area contributed by atoms with Gasteiger partial charge in [0.15, 0.2) is 0 Å². The Bertz CT molecular complexity index is 1010. The third-order valence-electron chi connectivity index (χ3n) is 14.7. The van der Waals surface area contributed by atoms with Gasteiger partial charge >= 0.3 is 5.97 Å². The highest BCUT2D eigenvalue weighted by molar-refractivity contribution is 5.69. The number of ether oxygens (including phenoxy) is 1. The smallest absolute Gasteiger partial charge is 0.306 e. The largest absolute Gasteiger partial charge is 0.462 e. The Labute approximate surface area is 305 Å². The van der Waals surface area contributed by atoms with E-state index in [0.717, 1.165) is 54.8 Å². The van der Waals surface area contributed by atoms with Crippen molar-refractivity contribution in [2.45, 2.75) is 221 Å². The molecule has 0 aliphatic heterocycles. The first-order chi connectivity index (χ1) is 23.7. The average molecular weight is 679 g/mol. The van der Waals surface area contributed by atoms with Gasteiger partial charge in [-0.3, -0.25) is 4.79 Å². The van der Waals surface area contributed by atoms with Gasteiger partial charge in [0.05, 0.1) is 0 Å². The van der Waals surface area contributed by atoms with Crippen LogP contribution < -0.4 is 0 Å². The van der Waals surface area contributed by atoms with E-state index in [9.17, 15) is 4.79 Å². The summed E-state index contributed by atoms with van der Waals surface area (Å²) in [5, 5.41) is 0. The number of hydrogen-bond acceptors (Lipinski definition) is 2. The van der Waals surface area contributed by atoms with Crippen molar-refractivity contribution in [1.82, 2.24) is 0 Å². The normalized spacial score (nSPS) is 31.7. The molecule has 3 fully saturated rings. The Kier molecular flexibility index (Phi) is 17.3. The van der Waals surface area contributed by atoms with Crippen molar-refractivity contribution in [2.75, 3.05) is 0 Å². The molecule has 0 saturated heterocycles. The van der Waals surface area contributed by atoms with Crippen molar-refractivity contribution < 1.29 is 9.53 Å². The lowest BCUT2D eigenvalue weighted by Crippen LogP contribution is -2.51. The van der Waals surface area contributed by atoms with E-state index in [1.54, 1.807) is 5.57 Å². The minimum atomic E-state index is 0.0589. The molecule has 0 radical (unpaired) electrons. The van der Waals surface area contributed by atoms with Crippen LogP contribution in [-0.2, 0) is 9.53 Å². The predicted octanol–water partition coefficient (Wildman–Crippen LogP) is 14.8. The molecule has 0 amide bonds. The molecular formula is C47H82O2. The molecule has 6 unspecified atom stereocenters. The van der Waals surface area contributed by atoms with Crippen molar-refractivity contribution in [1.29, 1.82) is 0 Å².